The van der Waals surface area contributed by atoms with E-state index in [4.69, 9.17) is 0 Å². The summed E-state index contributed by atoms with van der Waals surface area (Å²) in [7, 11) is 5.56. The van der Waals surface area contributed by atoms with Gasteiger partial charge in [0.1, 0.15) is 27.3 Å². The van der Waals surface area contributed by atoms with Crippen LogP contribution < -0.4 is 0 Å². The smallest absolute Gasteiger partial charge is 0.255 e. The first kappa shape index (κ1) is 19.5. The molecule has 0 N–H and O–H groups in total. The Hall–Kier alpha value is -3.48. The molecule has 1 amide bonds. The number of benzene rings is 2. The van der Waals surface area contributed by atoms with E-state index in [0.29, 0.717) is 33.5 Å². The summed E-state index contributed by atoms with van der Waals surface area (Å²) in [6.45, 7) is 0.0957. The number of hydrogen-bond acceptors (Lipinski definition) is 3. The average Bonchev–Trinajstić information content (AvgIpc) is 3.18. The standard InChI is InChI=1S/C22H18B2F2N4O/c1-29-10-14-7-16(18(26)9-19(14)28-29)12-4-5-13(17(25)8-12)11-30-21(31)15-3-2-6-27-20(15)22(30,23)24/h2-10H,11,23-24H2,1H3. The molecule has 0 radical (unpaired) electrons. The summed E-state index contributed by atoms with van der Waals surface area (Å²) in [5.41, 5.74) is 2.87. The molecule has 1 aliphatic rings. The normalized spacial score (nSPS) is 14.9. The third kappa shape index (κ3) is 3.03. The molecule has 0 atom stereocenters. The van der Waals surface area contributed by atoms with Gasteiger partial charge in [-0.1, -0.05) is 12.1 Å². The fourth-order valence-corrected chi connectivity index (χ4v) is 4.27. The number of fused-ring (bicyclic) bond motifs is 2. The van der Waals surface area contributed by atoms with Gasteiger partial charge < -0.3 is 4.90 Å². The van der Waals surface area contributed by atoms with Gasteiger partial charge in [-0.15, -0.1) is 0 Å². The van der Waals surface area contributed by atoms with E-state index >= 15 is 4.39 Å². The lowest BCUT2D eigenvalue weighted by atomic mass is 9.59. The minimum atomic E-state index is -0.657. The maximum absolute atomic E-state index is 15.1. The predicted molar refractivity (Wildman–Crippen MR) is 119 cm³/mol. The molecule has 0 spiro atoms. The van der Waals surface area contributed by atoms with Crippen LogP contribution in [0.3, 0.4) is 0 Å². The van der Waals surface area contributed by atoms with Crippen molar-refractivity contribution in [1.82, 2.24) is 19.7 Å². The Kier molecular flexibility index (Phi) is 4.25. The van der Waals surface area contributed by atoms with Gasteiger partial charge in [-0.3, -0.25) is 14.5 Å². The van der Waals surface area contributed by atoms with Crippen molar-refractivity contribution in [3.05, 3.63) is 83.3 Å². The van der Waals surface area contributed by atoms with Crippen LogP contribution in [0.25, 0.3) is 22.0 Å². The highest BCUT2D eigenvalue weighted by atomic mass is 19.1. The summed E-state index contributed by atoms with van der Waals surface area (Å²) in [6.07, 6.45) is 3.44. The molecule has 1 aliphatic heterocycles. The van der Waals surface area contributed by atoms with Gasteiger partial charge in [-0.2, -0.15) is 5.10 Å². The highest BCUT2D eigenvalue weighted by molar-refractivity contribution is 6.42. The topological polar surface area (TPSA) is 51.0 Å². The van der Waals surface area contributed by atoms with E-state index in [0.717, 1.165) is 5.39 Å². The van der Waals surface area contributed by atoms with Crippen LogP contribution in [-0.4, -0.2) is 41.3 Å². The lowest BCUT2D eigenvalue weighted by molar-refractivity contribution is 0.0729. The van der Waals surface area contributed by atoms with Crippen molar-refractivity contribution in [1.29, 1.82) is 0 Å². The van der Waals surface area contributed by atoms with E-state index in [2.05, 4.69) is 10.1 Å². The second-order valence-electron chi connectivity index (χ2n) is 8.35. The van der Waals surface area contributed by atoms with E-state index in [9.17, 15) is 9.18 Å². The fraction of sp³-hybridized carbons (Fsp3) is 0.136. The van der Waals surface area contributed by atoms with Gasteiger partial charge >= 0.3 is 0 Å². The summed E-state index contributed by atoms with van der Waals surface area (Å²) in [6, 6.07) is 11.1. The second-order valence-corrected chi connectivity index (χ2v) is 8.35. The largest absolute Gasteiger partial charge is 0.339 e. The first-order valence-electron chi connectivity index (χ1n) is 9.95. The molecular formula is C22H18B2F2N4O. The zero-order valence-electron chi connectivity index (χ0n) is 17.4. The monoisotopic (exact) mass is 414 g/mol. The summed E-state index contributed by atoms with van der Waals surface area (Å²) in [4.78, 5) is 18.9. The molecule has 2 aromatic heterocycles. The Balaban J connectivity index is 1.49. The molecule has 9 heteroatoms. The van der Waals surface area contributed by atoms with Gasteiger partial charge in [-0.25, -0.2) is 8.78 Å². The Morgan fingerprint density at radius 2 is 1.87 bits per heavy atom. The number of aromatic nitrogens is 3. The molecule has 0 saturated carbocycles. The molecule has 0 unspecified atom stereocenters. The highest BCUT2D eigenvalue weighted by Gasteiger charge is 2.43. The van der Waals surface area contributed by atoms with Crippen molar-refractivity contribution in [3.8, 4) is 11.1 Å². The quantitative estimate of drug-likeness (QED) is 0.482. The molecular weight excluding hydrogens is 396 g/mol. The van der Waals surface area contributed by atoms with E-state index in [1.807, 2.05) is 15.7 Å². The van der Waals surface area contributed by atoms with Crippen molar-refractivity contribution in [2.75, 3.05) is 0 Å². The van der Waals surface area contributed by atoms with Gasteiger partial charge in [0.15, 0.2) is 0 Å². The molecule has 3 heterocycles. The number of carbonyl (C=O) groups excluding carboxylic acids is 1. The summed E-state index contributed by atoms with van der Waals surface area (Å²) < 4.78 is 31.3. The van der Waals surface area contributed by atoms with E-state index < -0.39 is 17.0 Å². The summed E-state index contributed by atoms with van der Waals surface area (Å²) in [5.74, 6) is -1.13. The van der Waals surface area contributed by atoms with Gasteiger partial charge in [0.05, 0.1) is 16.8 Å². The Bertz CT molecular complexity index is 1370. The van der Waals surface area contributed by atoms with Crippen molar-refractivity contribution < 1.29 is 13.6 Å². The first-order valence-corrected chi connectivity index (χ1v) is 9.95. The van der Waals surface area contributed by atoms with E-state index in [-0.39, 0.29) is 12.5 Å². The SMILES string of the molecule is BC1(B)c2ncccc2C(=O)N1Cc1ccc(-c2cc3cn(C)nc3cc2F)cc1F. The Morgan fingerprint density at radius 1 is 1.06 bits per heavy atom. The molecule has 31 heavy (non-hydrogen) atoms. The zero-order chi connectivity index (χ0) is 21.9. The minimum Gasteiger partial charge on any atom is -0.339 e. The fourth-order valence-electron chi connectivity index (χ4n) is 4.27. The number of carbonyl (C=O) groups is 1. The van der Waals surface area contributed by atoms with Crippen LogP contribution in [0.15, 0.2) is 54.9 Å². The van der Waals surface area contributed by atoms with Crippen LogP contribution in [0.1, 0.15) is 21.6 Å². The molecule has 0 saturated heterocycles. The molecule has 152 valence electrons. The first-order chi connectivity index (χ1) is 14.8. The van der Waals surface area contributed by atoms with Crippen LogP contribution in [0.2, 0.25) is 0 Å². The predicted octanol–water partition coefficient (Wildman–Crippen LogP) is 1.95. The molecule has 4 aromatic rings. The van der Waals surface area contributed by atoms with Gasteiger partial charge in [0, 0.05) is 53.9 Å². The number of aryl methyl sites for hydroxylation is 1. The molecule has 5 rings (SSSR count). The molecule has 0 fully saturated rings. The van der Waals surface area contributed by atoms with Crippen LogP contribution in [-0.2, 0) is 18.9 Å². The molecule has 2 aromatic carbocycles. The van der Waals surface area contributed by atoms with Gasteiger partial charge in [-0.05, 0) is 29.8 Å². The maximum atomic E-state index is 15.1. The number of rotatable bonds is 3. The van der Waals surface area contributed by atoms with Crippen molar-refractivity contribution in [2.24, 2.45) is 7.05 Å². The zero-order valence-corrected chi connectivity index (χ0v) is 17.4. The average molecular weight is 414 g/mol. The second kappa shape index (κ2) is 6.77. The minimum absolute atomic E-state index is 0.0957. The van der Waals surface area contributed by atoms with Crippen LogP contribution in [0.5, 0.6) is 0 Å². The number of halogens is 2. The third-order valence-corrected chi connectivity index (χ3v) is 5.94. The third-order valence-electron chi connectivity index (χ3n) is 5.94. The van der Waals surface area contributed by atoms with Crippen LogP contribution in [0, 0.1) is 11.6 Å². The molecule has 0 aliphatic carbocycles. The number of pyridine rings is 1. The van der Waals surface area contributed by atoms with Crippen molar-refractivity contribution in [3.63, 3.8) is 0 Å². The van der Waals surface area contributed by atoms with Crippen LogP contribution in [0.4, 0.5) is 8.78 Å². The number of hydrogen-bond donors (Lipinski definition) is 0. The van der Waals surface area contributed by atoms with Crippen molar-refractivity contribution in [2.45, 2.75) is 11.9 Å². The highest BCUT2D eigenvalue weighted by Crippen LogP contribution is 2.35. The van der Waals surface area contributed by atoms with Crippen LogP contribution >= 0.6 is 0 Å². The lowest BCUT2D eigenvalue weighted by Gasteiger charge is -2.32. The summed E-state index contributed by atoms with van der Waals surface area (Å²) >= 11 is 0. The van der Waals surface area contributed by atoms with E-state index in [1.165, 1.54) is 12.1 Å². The molecule has 0 bridgehead atoms. The number of amides is 1. The maximum Gasteiger partial charge on any atom is 0.255 e. The Labute approximate surface area is 179 Å². The number of nitrogens with zero attached hydrogens (tertiary/aromatic N) is 4. The van der Waals surface area contributed by atoms with E-state index in [1.54, 1.807) is 59.4 Å². The lowest BCUT2D eigenvalue weighted by Crippen LogP contribution is -2.44. The summed E-state index contributed by atoms with van der Waals surface area (Å²) in [5, 5.41) is 4.32. The molecule has 5 nitrogen and oxygen atoms in total. The van der Waals surface area contributed by atoms with Crippen molar-refractivity contribution >= 4 is 32.5 Å². The van der Waals surface area contributed by atoms with Gasteiger partial charge in [0.2, 0.25) is 0 Å². The van der Waals surface area contributed by atoms with Gasteiger partial charge in [0.25, 0.3) is 5.91 Å². The Morgan fingerprint density at radius 3 is 2.61 bits per heavy atom.